The van der Waals surface area contributed by atoms with Crippen LogP contribution in [0.1, 0.15) is 23.2 Å². The van der Waals surface area contributed by atoms with Gasteiger partial charge < -0.3 is 36.1 Å². The Labute approximate surface area is 185 Å². The zero-order valence-electron chi connectivity index (χ0n) is 17.6. The molecule has 0 aliphatic heterocycles. The summed E-state index contributed by atoms with van der Waals surface area (Å²) in [4.78, 5) is 28.5. The molecule has 0 radical (unpaired) electrons. The Hall–Kier alpha value is -3.10. The van der Waals surface area contributed by atoms with E-state index >= 15 is 0 Å². The summed E-state index contributed by atoms with van der Waals surface area (Å²) in [5, 5.41) is 0. The van der Waals surface area contributed by atoms with Gasteiger partial charge in [-0.2, -0.15) is 0 Å². The van der Waals surface area contributed by atoms with Gasteiger partial charge in [-0.05, 0) is 25.0 Å². The Kier molecular flexibility index (Phi) is 11.7. The SMILES string of the molecule is C#CCSC[C@H](N)C(=O)Oc1c(OC)cc(C(=O)OCCCCN=C(N)N)cc1OC. The summed E-state index contributed by atoms with van der Waals surface area (Å²) in [6.45, 7) is 0.634. The molecule has 0 unspecified atom stereocenters. The van der Waals surface area contributed by atoms with Crippen LogP contribution in [0.2, 0.25) is 0 Å². The first kappa shape index (κ1) is 25.9. The van der Waals surface area contributed by atoms with E-state index in [0.29, 0.717) is 30.9 Å². The van der Waals surface area contributed by atoms with Crippen molar-refractivity contribution >= 4 is 29.7 Å². The molecule has 0 aliphatic carbocycles. The van der Waals surface area contributed by atoms with Crippen molar-refractivity contribution in [2.45, 2.75) is 18.9 Å². The molecule has 0 aromatic heterocycles. The number of guanidine groups is 1. The zero-order valence-corrected chi connectivity index (χ0v) is 18.4. The highest BCUT2D eigenvalue weighted by Crippen LogP contribution is 2.39. The highest BCUT2D eigenvalue weighted by molar-refractivity contribution is 7.99. The molecule has 1 atom stereocenters. The lowest BCUT2D eigenvalue weighted by molar-refractivity contribution is -0.135. The second kappa shape index (κ2) is 14.0. The van der Waals surface area contributed by atoms with Crippen LogP contribution in [-0.4, -0.2) is 62.8 Å². The van der Waals surface area contributed by atoms with Crippen molar-refractivity contribution in [2.75, 3.05) is 38.9 Å². The first-order chi connectivity index (χ1) is 14.8. The van der Waals surface area contributed by atoms with E-state index < -0.39 is 18.0 Å². The molecule has 31 heavy (non-hydrogen) atoms. The molecule has 1 aromatic carbocycles. The molecule has 0 spiro atoms. The topological polar surface area (TPSA) is 161 Å². The molecule has 0 fully saturated rings. The molecule has 10 nitrogen and oxygen atoms in total. The number of methoxy groups -OCH3 is 2. The molecule has 1 aromatic rings. The molecule has 0 bridgehead atoms. The number of benzene rings is 1. The minimum absolute atomic E-state index is 0.0150. The number of terminal acetylenes is 1. The van der Waals surface area contributed by atoms with Gasteiger partial charge in [0.05, 0.1) is 32.1 Å². The lowest BCUT2D eigenvalue weighted by Gasteiger charge is -2.16. The maximum Gasteiger partial charge on any atom is 0.338 e. The first-order valence-electron chi connectivity index (χ1n) is 9.31. The van der Waals surface area contributed by atoms with E-state index in [9.17, 15) is 9.59 Å². The van der Waals surface area contributed by atoms with E-state index in [2.05, 4.69) is 10.9 Å². The van der Waals surface area contributed by atoms with Gasteiger partial charge in [-0.25, -0.2) is 9.59 Å². The smallest absolute Gasteiger partial charge is 0.338 e. The normalized spacial score (nSPS) is 11.0. The molecule has 170 valence electrons. The van der Waals surface area contributed by atoms with E-state index in [1.807, 2.05) is 0 Å². The van der Waals surface area contributed by atoms with Crippen molar-refractivity contribution in [3.8, 4) is 29.6 Å². The van der Waals surface area contributed by atoms with E-state index in [-0.39, 0.29) is 35.4 Å². The quantitative estimate of drug-likeness (QED) is 0.0960. The van der Waals surface area contributed by atoms with Crippen molar-refractivity contribution in [2.24, 2.45) is 22.2 Å². The highest BCUT2D eigenvalue weighted by atomic mass is 32.2. The van der Waals surface area contributed by atoms with Crippen LogP contribution in [-0.2, 0) is 9.53 Å². The number of hydrogen-bond acceptors (Lipinski definition) is 9. The molecular weight excluding hydrogens is 424 g/mol. The summed E-state index contributed by atoms with van der Waals surface area (Å²) in [7, 11) is 2.74. The molecule has 6 N–H and O–H groups in total. The predicted octanol–water partition coefficient (Wildman–Crippen LogP) is 0.513. The van der Waals surface area contributed by atoms with Gasteiger partial charge in [0.1, 0.15) is 6.04 Å². The lowest BCUT2D eigenvalue weighted by atomic mass is 10.2. The number of carbonyl (C=O) groups is 2. The van der Waals surface area contributed by atoms with Gasteiger partial charge in [0, 0.05) is 12.3 Å². The van der Waals surface area contributed by atoms with Crippen molar-refractivity contribution in [3.05, 3.63) is 17.7 Å². The van der Waals surface area contributed by atoms with Crippen LogP contribution in [0.4, 0.5) is 0 Å². The Morgan fingerprint density at radius 2 is 1.84 bits per heavy atom. The Balaban J connectivity index is 2.82. The number of esters is 2. The Morgan fingerprint density at radius 1 is 1.19 bits per heavy atom. The molecule has 0 aliphatic rings. The Bertz CT molecular complexity index is 795. The van der Waals surface area contributed by atoms with Gasteiger partial charge in [0.2, 0.25) is 5.75 Å². The van der Waals surface area contributed by atoms with Crippen molar-refractivity contribution in [3.63, 3.8) is 0 Å². The van der Waals surface area contributed by atoms with Crippen molar-refractivity contribution in [1.29, 1.82) is 0 Å². The van der Waals surface area contributed by atoms with Gasteiger partial charge >= 0.3 is 11.9 Å². The summed E-state index contributed by atoms with van der Waals surface area (Å²) in [6.07, 6.45) is 6.42. The maximum atomic E-state index is 12.4. The fraction of sp³-hybridized carbons (Fsp3) is 0.450. The standard InChI is InChI=1S/C20H28N4O6S/c1-4-9-31-12-14(21)19(26)30-17-15(27-2)10-13(11-16(17)28-3)18(25)29-8-6-5-7-24-20(22)23/h1,10-11,14H,5-9,12,21H2,2-3H3,(H4,22,23,24)/t14-/m0/s1. The average Bonchev–Trinajstić information content (AvgIpc) is 2.75. The molecule has 0 amide bonds. The van der Waals surface area contributed by atoms with Gasteiger partial charge in [0.25, 0.3) is 0 Å². The van der Waals surface area contributed by atoms with E-state index in [1.54, 1.807) is 0 Å². The molecular formula is C20H28N4O6S. The first-order valence-corrected chi connectivity index (χ1v) is 10.5. The largest absolute Gasteiger partial charge is 0.493 e. The van der Waals surface area contributed by atoms with Crippen LogP contribution in [0.3, 0.4) is 0 Å². The average molecular weight is 453 g/mol. The van der Waals surface area contributed by atoms with Gasteiger partial charge in [-0.1, -0.05) is 5.92 Å². The maximum absolute atomic E-state index is 12.4. The Morgan fingerprint density at radius 3 is 2.39 bits per heavy atom. The van der Waals surface area contributed by atoms with Crippen LogP contribution in [0.15, 0.2) is 17.1 Å². The zero-order chi connectivity index (χ0) is 23.2. The summed E-state index contributed by atoms with van der Waals surface area (Å²) in [5.41, 5.74) is 16.5. The number of rotatable bonds is 13. The highest BCUT2D eigenvalue weighted by Gasteiger charge is 2.23. The van der Waals surface area contributed by atoms with Crippen LogP contribution >= 0.6 is 11.8 Å². The van der Waals surface area contributed by atoms with Crippen molar-refractivity contribution < 1.29 is 28.5 Å². The second-order valence-corrected chi connectivity index (χ2v) is 7.14. The predicted molar refractivity (Wildman–Crippen MR) is 120 cm³/mol. The van der Waals surface area contributed by atoms with E-state index in [0.717, 1.165) is 0 Å². The number of thioether (sulfide) groups is 1. The minimum atomic E-state index is -0.892. The van der Waals surface area contributed by atoms with Gasteiger partial charge in [-0.3, -0.25) is 4.99 Å². The van der Waals surface area contributed by atoms with E-state index in [1.165, 1.54) is 38.1 Å². The number of unbranched alkanes of at least 4 members (excludes halogenated alkanes) is 1. The molecule has 11 heteroatoms. The molecule has 1 rings (SSSR count). The number of nitrogens with two attached hydrogens (primary N) is 3. The number of carbonyl (C=O) groups excluding carboxylic acids is 2. The number of hydrogen-bond donors (Lipinski definition) is 3. The summed E-state index contributed by atoms with van der Waals surface area (Å²) in [6, 6.07) is 1.90. The van der Waals surface area contributed by atoms with Crippen LogP contribution < -0.4 is 31.4 Å². The molecule has 0 saturated carbocycles. The van der Waals surface area contributed by atoms with Crippen LogP contribution in [0.25, 0.3) is 0 Å². The second-order valence-electron chi connectivity index (χ2n) is 6.11. The number of nitrogens with zero attached hydrogens (tertiary/aromatic N) is 1. The third kappa shape index (κ3) is 9.06. The number of aliphatic imine (C=N–C) groups is 1. The summed E-state index contributed by atoms with van der Waals surface area (Å²) >= 11 is 1.34. The third-order valence-electron chi connectivity index (χ3n) is 3.76. The minimum Gasteiger partial charge on any atom is -0.493 e. The summed E-state index contributed by atoms with van der Waals surface area (Å²) < 4.78 is 21.1. The lowest BCUT2D eigenvalue weighted by Crippen LogP contribution is -2.36. The van der Waals surface area contributed by atoms with E-state index in [4.69, 9.17) is 42.6 Å². The molecule has 0 heterocycles. The monoisotopic (exact) mass is 452 g/mol. The number of ether oxygens (including phenoxy) is 4. The summed E-state index contributed by atoms with van der Waals surface area (Å²) in [5.74, 6) is 2.18. The fourth-order valence-corrected chi connectivity index (χ4v) is 2.88. The fourth-order valence-electron chi connectivity index (χ4n) is 2.26. The molecule has 0 saturated heterocycles. The van der Waals surface area contributed by atoms with Gasteiger partial charge in [-0.15, -0.1) is 18.2 Å². The van der Waals surface area contributed by atoms with Gasteiger partial charge in [0.15, 0.2) is 17.5 Å². The van der Waals surface area contributed by atoms with Crippen molar-refractivity contribution in [1.82, 2.24) is 0 Å². The van der Waals surface area contributed by atoms with Crippen LogP contribution in [0, 0.1) is 12.3 Å². The van der Waals surface area contributed by atoms with Crippen LogP contribution in [0.5, 0.6) is 17.2 Å². The third-order valence-corrected chi connectivity index (χ3v) is 4.73.